The Bertz CT molecular complexity index is 263. The van der Waals surface area contributed by atoms with Gasteiger partial charge in [0.05, 0.1) is 6.54 Å². The summed E-state index contributed by atoms with van der Waals surface area (Å²) in [5.74, 6) is 0. The van der Waals surface area contributed by atoms with Gasteiger partial charge >= 0.3 is 6.18 Å². The monoisotopic (exact) mass is 266 g/mol. The van der Waals surface area contributed by atoms with E-state index in [1.165, 1.54) is 0 Å². The van der Waals surface area contributed by atoms with Gasteiger partial charge in [-0.25, -0.2) is 0 Å². The molecule has 18 heavy (non-hydrogen) atoms. The van der Waals surface area contributed by atoms with Crippen LogP contribution in [0.4, 0.5) is 13.2 Å². The average molecular weight is 266 g/mol. The first-order valence-corrected chi connectivity index (χ1v) is 6.69. The van der Waals surface area contributed by atoms with Gasteiger partial charge in [0.2, 0.25) is 0 Å². The highest BCUT2D eigenvalue weighted by Gasteiger charge is 2.45. The average Bonchev–Trinajstić information content (AvgIpc) is 2.50. The van der Waals surface area contributed by atoms with E-state index < -0.39 is 12.7 Å². The molecule has 1 N–H and O–H groups in total. The van der Waals surface area contributed by atoms with Crippen LogP contribution in [0.3, 0.4) is 0 Å². The van der Waals surface area contributed by atoms with Gasteiger partial charge in [-0.1, -0.05) is 20.8 Å². The van der Waals surface area contributed by atoms with Crippen LogP contribution in [0.1, 0.15) is 40.0 Å². The van der Waals surface area contributed by atoms with Gasteiger partial charge in [-0.3, -0.25) is 4.90 Å². The number of rotatable bonds is 5. The fourth-order valence-electron chi connectivity index (χ4n) is 3.22. The van der Waals surface area contributed by atoms with E-state index in [9.17, 15) is 13.2 Å². The Morgan fingerprint density at radius 1 is 1.33 bits per heavy atom. The summed E-state index contributed by atoms with van der Waals surface area (Å²) in [4.78, 5) is 1.61. The molecule has 5 heteroatoms. The summed E-state index contributed by atoms with van der Waals surface area (Å²) in [6.07, 6.45) is -1.54. The zero-order valence-corrected chi connectivity index (χ0v) is 11.8. The molecule has 0 bridgehead atoms. The predicted molar refractivity (Wildman–Crippen MR) is 67.6 cm³/mol. The van der Waals surface area contributed by atoms with Gasteiger partial charge in [-0.05, 0) is 38.3 Å². The summed E-state index contributed by atoms with van der Waals surface area (Å²) in [6, 6.07) is 0.123. The van der Waals surface area contributed by atoms with E-state index in [2.05, 4.69) is 19.2 Å². The van der Waals surface area contributed by atoms with Crippen LogP contribution in [0.2, 0.25) is 0 Å². The summed E-state index contributed by atoms with van der Waals surface area (Å²) >= 11 is 0. The van der Waals surface area contributed by atoms with Gasteiger partial charge in [0.15, 0.2) is 0 Å². The third kappa shape index (κ3) is 3.85. The lowest BCUT2D eigenvalue weighted by molar-refractivity contribution is -0.152. The highest BCUT2D eigenvalue weighted by atomic mass is 19.4. The van der Waals surface area contributed by atoms with E-state index in [4.69, 9.17) is 0 Å². The topological polar surface area (TPSA) is 15.3 Å². The molecule has 0 aliphatic heterocycles. The summed E-state index contributed by atoms with van der Waals surface area (Å²) in [5, 5.41) is 3.22. The Labute approximate surface area is 108 Å². The molecule has 0 aromatic heterocycles. The van der Waals surface area contributed by atoms with Gasteiger partial charge in [0, 0.05) is 12.1 Å². The third-order valence-corrected chi connectivity index (χ3v) is 3.98. The molecule has 1 rings (SSSR count). The molecule has 0 aromatic carbocycles. The van der Waals surface area contributed by atoms with E-state index in [1.54, 1.807) is 4.90 Å². The summed E-state index contributed by atoms with van der Waals surface area (Å²) in [7, 11) is 1.85. The van der Waals surface area contributed by atoms with E-state index in [0.717, 1.165) is 19.3 Å². The molecule has 1 saturated carbocycles. The third-order valence-electron chi connectivity index (χ3n) is 3.98. The van der Waals surface area contributed by atoms with Crippen molar-refractivity contribution in [1.82, 2.24) is 10.2 Å². The summed E-state index contributed by atoms with van der Waals surface area (Å²) < 4.78 is 37.9. The van der Waals surface area contributed by atoms with Gasteiger partial charge < -0.3 is 5.32 Å². The molecule has 2 atom stereocenters. The second-order valence-electron chi connectivity index (χ2n) is 5.95. The van der Waals surface area contributed by atoms with E-state index in [1.807, 2.05) is 14.0 Å². The molecule has 2 nitrogen and oxygen atoms in total. The minimum absolute atomic E-state index is 0.00780. The van der Waals surface area contributed by atoms with Crippen LogP contribution in [0.25, 0.3) is 0 Å². The summed E-state index contributed by atoms with van der Waals surface area (Å²) in [6.45, 7) is 5.91. The Balaban J connectivity index is 2.79. The Hall–Kier alpha value is -0.290. The molecule has 0 heterocycles. The first-order valence-electron chi connectivity index (χ1n) is 6.69. The molecule has 0 radical (unpaired) electrons. The van der Waals surface area contributed by atoms with E-state index in [-0.39, 0.29) is 17.5 Å². The van der Waals surface area contributed by atoms with Gasteiger partial charge in [0.1, 0.15) is 0 Å². The van der Waals surface area contributed by atoms with Crippen LogP contribution in [-0.2, 0) is 0 Å². The number of alkyl halides is 3. The second-order valence-corrected chi connectivity index (χ2v) is 5.95. The molecular formula is C13H25F3N2. The van der Waals surface area contributed by atoms with Crippen molar-refractivity contribution in [2.45, 2.75) is 58.3 Å². The molecule has 1 fully saturated rings. The Morgan fingerprint density at radius 2 is 1.94 bits per heavy atom. The fourth-order valence-corrected chi connectivity index (χ4v) is 3.22. The highest BCUT2D eigenvalue weighted by Crippen LogP contribution is 2.40. The van der Waals surface area contributed by atoms with Gasteiger partial charge in [-0.2, -0.15) is 13.2 Å². The second kappa shape index (κ2) is 5.78. The number of nitrogens with zero attached hydrogens (tertiary/aromatic N) is 1. The van der Waals surface area contributed by atoms with Crippen LogP contribution >= 0.6 is 0 Å². The lowest BCUT2D eigenvalue weighted by atomic mass is 9.86. The zero-order valence-electron chi connectivity index (χ0n) is 11.8. The Kier molecular flexibility index (Phi) is 5.06. The van der Waals surface area contributed by atoms with Crippen molar-refractivity contribution in [3.63, 3.8) is 0 Å². The van der Waals surface area contributed by atoms with Crippen LogP contribution in [-0.4, -0.2) is 43.3 Å². The largest absolute Gasteiger partial charge is 0.401 e. The molecule has 2 unspecified atom stereocenters. The van der Waals surface area contributed by atoms with Crippen molar-refractivity contribution >= 4 is 0 Å². The lowest BCUT2D eigenvalue weighted by Crippen LogP contribution is -2.53. The van der Waals surface area contributed by atoms with Crippen molar-refractivity contribution in [3.8, 4) is 0 Å². The lowest BCUT2D eigenvalue weighted by Gasteiger charge is -2.37. The van der Waals surface area contributed by atoms with Crippen LogP contribution < -0.4 is 5.32 Å². The van der Waals surface area contributed by atoms with Crippen LogP contribution in [0.15, 0.2) is 0 Å². The quantitative estimate of drug-likeness (QED) is 0.823. The van der Waals surface area contributed by atoms with E-state index >= 15 is 0 Å². The molecule has 0 amide bonds. The number of likely N-dealkylation sites (N-methyl/N-ethyl adjacent to an activating group) is 1. The minimum atomic E-state index is -4.11. The number of hydrogen-bond acceptors (Lipinski definition) is 2. The fraction of sp³-hybridized carbons (Fsp3) is 1.00. The smallest absolute Gasteiger partial charge is 0.315 e. The van der Waals surface area contributed by atoms with Crippen molar-refractivity contribution in [2.24, 2.45) is 5.41 Å². The van der Waals surface area contributed by atoms with Gasteiger partial charge in [0.25, 0.3) is 0 Å². The zero-order chi connectivity index (χ0) is 14.0. The number of hydrogen-bond donors (Lipinski definition) is 1. The highest BCUT2D eigenvalue weighted by molar-refractivity contribution is 5.00. The molecular weight excluding hydrogens is 241 g/mol. The van der Waals surface area contributed by atoms with Gasteiger partial charge in [-0.15, -0.1) is 0 Å². The normalized spacial score (nSPS) is 28.0. The molecule has 1 aliphatic rings. The maximum absolute atomic E-state index is 12.6. The van der Waals surface area contributed by atoms with Crippen LogP contribution in [0.5, 0.6) is 0 Å². The Morgan fingerprint density at radius 3 is 2.39 bits per heavy atom. The molecule has 0 aromatic rings. The van der Waals surface area contributed by atoms with Crippen LogP contribution in [0, 0.1) is 5.41 Å². The minimum Gasteiger partial charge on any atom is -0.315 e. The molecule has 108 valence electrons. The van der Waals surface area contributed by atoms with E-state index in [0.29, 0.717) is 6.54 Å². The predicted octanol–water partition coefficient (Wildman–Crippen LogP) is 3.04. The first-order chi connectivity index (χ1) is 8.21. The molecule has 1 aliphatic carbocycles. The maximum atomic E-state index is 12.6. The standard InChI is InChI=1S/C13H25F3N2/c1-5-8-18(9-13(14,15)16)10-6-7-12(2,3)11(10)17-4/h10-11,17H,5-9H2,1-4H3. The van der Waals surface area contributed by atoms with Crippen molar-refractivity contribution in [1.29, 1.82) is 0 Å². The maximum Gasteiger partial charge on any atom is 0.401 e. The summed E-state index contributed by atoms with van der Waals surface area (Å²) in [5.41, 5.74) is 0.0665. The number of nitrogens with one attached hydrogen (secondary N) is 1. The van der Waals surface area contributed by atoms with Crippen molar-refractivity contribution in [3.05, 3.63) is 0 Å². The van der Waals surface area contributed by atoms with Crippen molar-refractivity contribution in [2.75, 3.05) is 20.1 Å². The van der Waals surface area contributed by atoms with Crippen molar-refractivity contribution < 1.29 is 13.2 Å². The number of halogens is 3. The first kappa shape index (κ1) is 15.8. The molecule has 0 spiro atoms. The molecule has 0 saturated heterocycles. The SMILES string of the molecule is CCCN(CC(F)(F)F)C1CCC(C)(C)C1NC.